The van der Waals surface area contributed by atoms with E-state index >= 15 is 0 Å². The first-order chi connectivity index (χ1) is 6.22. The summed E-state index contributed by atoms with van der Waals surface area (Å²) in [6.07, 6.45) is 1.63. The second kappa shape index (κ2) is 5.26. The van der Waals surface area contributed by atoms with Crippen LogP contribution in [0, 0.1) is 6.92 Å². The maximum atomic E-state index is 5.72. The molecule has 0 aliphatic heterocycles. The summed E-state index contributed by atoms with van der Waals surface area (Å²) >= 11 is 1.51. The van der Waals surface area contributed by atoms with Gasteiger partial charge in [-0.15, -0.1) is 0 Å². The number of rotatable bonds is 5. The number of thioether (sulfide) groups is 1. The van der Waals surface area contributed by atoms with Crippen molar-refractivity contribution in [1.29, 1.82) is 0 Å². The lowest BCUT2D eigenvalue weighted by molar-refractivity contribution is 0.186. The van der Waals surface area contributed by atoms with Crippen LogP contribution in [0.25, 0.3) is 0 Å². The molecule has 0 bridgehead atoms. The largest absolute Gasteiger partial charge is 0.440 e. The molecule has 4 nitrogen and oxygen atoms in total. The average Bonchev–Trinajstić information content (AvgIpc) is 2.49. The zero-order valence-electron chi connectivity index (χ0n) is 7.82. The molecule has 1 heterocycles. The second-order valence-electron chi connectivity index (χ2n) is 2.78. The van der Waals surface area contributed by atoms with Crippen LogP contribution in [0.1, 0.15) is 5.69 Å². The van der Waals surface area contributed by atoms with Crippen molar-refractivity contribution < 1.29 is 9.15 Å². The fourth-order valence-corrected chi connectivity index (χ4v) is 1.62. The van der Waals surface area contributed by atoms with E-state index in [2.05, 4.69) is 4.98 Å². The van der Waals surface area contributed by atoms with Gasteiger partial charge in [0.15, 0.2) is 0 Å². The monoisotopic (exact) mass is 202 g/mol. The zero-order chi connectivity index (χ0) is 9.68. The van der Waals surface area contributed by atoms with Crippen LogP contribution in [-0.4, -0.2) is 30.5 Å². The van der Waals surface area contributed by atoms with Crippen molar-refractivity contribution in [3.05, 3.63) is 12.0 Å². The van der Waals surface area contributed by atoms with Gasteiger partial charge in [0.05, 0.1) is 12.3 Å². The lowest BCUT2D eigenvalue weighted by Gasteiger charge is -2.06. The Morgan fingerprint density at radius 2 is 2.54 bits per heavy atom. The first-order valence-corrected chi connectivity index (χ1v) is 5.00. The Balaban J connectivity index is 2.26. The minimum Gasteiger partial charge on any atom is -0.440 e. The Hall–Kier alpha value is -0.520. The summed E-state index contributed by atoms with van der Waals surface area (Å²) in [5.74, 6) is 0.758. The Bertz CT molecular complexity index is 252. The summed E-state index contributed by atoms with van der Waals surface area (Å²) in [6, 6.07) is 0.0298. The number of aryl methyl sites for hydroxylation is 1. The highest BCUT2D eigenvalue weighted by atomic mass is 32.2. The Kier molecular flexibility index (Phi) is 4.27. The molecule has 0 saturated carbocycles. The Morgan fingerprint density at radius 3 is 3.08 bits per heavy atom. The van der Waals surface area contributed by atoms with Crippen LogP contribution in [0.15, 0.2) is 15.9 Å². The fourth-order valence-electron chi connectivity index (χ4n) is 0.839. The molecule has 0 radical (unpaired) electrons. The van der Waals surface area contributed by atoms with Gasteiger partial charge in [-0.05, 0) is 6.92 Å². The highest BCUT2D eigenvalue weighted by molar-refractivity contribution is 7.99. The van der Waals surface area contributed by atoms with E-state index in [-0.39, 0.29) is 6.04 Å². The number of methoxy groups -OCH3 is 1. The van der Waals surface area contributed by atoms with Crippen molar-refractivity contribution in [1.82, 2.24) is 4.98 Å². The number of aromatic nitrogens is 1. The third-order valence-corrected chi connectivity index (χ3v) is 2.43. The maximum Gasteiger partial charge on any atom is 0.255 e. The number of hydrogen-bond acceptors (Lipinski definition) is 5. The van der Waals surface area contributed by atoms with Crippen molar-refractivity contribution >= 4 is 11.8 Å². The molecule has 1 atom stereocenters. The van der Waals surface area contributed by atoms with Crippen molar-refractivity contribution in [2.75, 3.05) is 19.5 Å². The summed E-state index contributed by atoms with van der Waals surface area (Å²) in [5.41, 5.74) is 6.62. The molecule has 5 heteroatoms. The SMILES string of the molecule is COCC(N)CSc1nc(C)co1. The molecule has 74 valence electrons. The molecule has 0 spiro atoms. The number of nitrogens with two attached hydrogens (primary N) is 1. The Morgan fingerprint density at radius 1 is 1.77 bits per heavy atom. The zero-order valence-corrected chi connectivity index (χ0v) is 8.63. The van der Waals surface area contributed by atoms with Gasteiger partial charge in [0.1, 0.15) is 6.26 Å². The van der Waals surface area contributed by atoms with Crippen molar-refractivity contribution in [3.63, 3.8) is 0 Å². The van der Waals surface area contributed by atoms with Crippen LogP contribution in [-0.2, 0) is 4.74 Å². The van der Waals surface area contributed by atoms with Gasteiger partial charge in [0.25, 0.3) is 5.22 Å². The number of hydrogen-bond donors (Lipinski definition) is 1. The summed E-state index contributed by atoms with van der Waals surface area (Å²) < 4.78 is 10.1. The summed E-state index contributed by atoms with van der Waals surface area (Å²) in [7, 11) is 1.64. The van der Waals surface area contributed by atoms with Gasteiger partial charge in [-0.1, -0.05) is 11.8 Å². The molecule has 1 rings (SSSR count). The normalized spacial score (nSPS) is 13.2. The van der Waals surface area contributed by atoms with E-state index in [9.17, 15) is 0 Å². The van der Waals surface area contributed by atoms with Gasteiger partial charge in [-0.2, -0.15) is 0 Å². The van der Waals surface area contributed by atoms with Gasteiger partial charge in [0.2, 0.25) is 0 Å². The molecule has 0 aromatic carbocycles. The molecule has 1 unspecified atom stereocenters. The average molecular weight is 202 g/mol. The first kappa shape index (κ1) is 10.6. The minimum atomic E-state index is 0.0298. The van der Waals surface area contributed by atoms with Gasteiger partial charge < -0.3 is 14.9 Å². The van der Waals surface area contributed by atoms with Crippen molar-refractivity contribution in [2.24, 2.45) is 5.73 Å². The quantitative estimate of drug-likeness (QED) is 0.723. The van der Waals surface area contributed by atoms with Crippen LogP contribution in [0.2, 0.25) is 0 Å². The summed E-state index contributed by atoms with van der Waals surface area (Å²) in [6.45, 7) is 2.45. The molecular weight excluding hydrogens is 188 g/mol. The predicted octanol–water partition coefficient (Wildman–Crippen LogP) is 1.05. The number of nitrogens with zero attached hydrogens (tertiary/aromatic N) is 1. The third-order valence-electron chi connectivity index (χ3n) is 1.40. The highest BCUT2D eigenvalue weighted by Crippen LogP contribution is 2.16. The molecular formula is C8H14N2O2S. The van der Waals surface area contributed by atoms with E-state index in [1.807, 2.05) is 6.92 Å². The lowest BCUT2D eigenvalue weighted by Crippen LogP contribution is -2.28. The van der Waals surface area contributed by atoms with Crippen molar-refractivity contribution in [3.8, 4) is 0 Å². The molecule has 1 aromatic rings. The van der Waals surface area contributed by atoms with Gasteiger partial charge in [-0.25, -0.2) is 4.98 Å². The molecule has 0 aliphatic carbocycles. The van der Waals surface area contributed by atoms with E-state index in [0.29, 0.717) is 11.8 Å². The summed E-state index contributed by atoms with van der Waals surface area (Å²) in [5, 5.41) is 0.670. The third kappa shape index (κ3) is 3.80. The molecule has 2 N–H and O–H groups in total. The van der Waals surface area contributed by atoms with E-state index in [4.69, 9.17) is 14.9 Å². The second-order valence-corrected chi connectivity index (χ2v) is 3.75. The topological polar surface area (TPSA) is 61.3 Å². The highest BCUT2D eigenvalue weighted by Gasteiger charge is 2.06. The molecule has 13 heavy (non-hydrogen) atoms. The van der Waals surface area contributed by atoms with E-state index in [1.54, 1.807) is 13.4 Å². The van der Waals surface area contributed by atoms with Crippen LogP contribution in [0.4, 0.5) is 0 Å². The van der Waals surface area contributed by atoms with Crippen molar-refractivity contribution in [2.45, 2.75) is 18.2 Å². The van der Waals surface area contributed by atoms with Crippen LogP contribution in [0.3, 0.4) is 0 Å². The van der Waals surface area contributed by atoms with E-state index in [0.717, 1.165) is 11.4 Å². The number of ether oxygens (including phenoxy) is 1. The summed E-state index contributed by atoms with van der Waals surface area (Å²) in [4.78, 5) is 4.14. The predicted molar refractivity (Wildman–Crippen MR) is 51.8 cm³/mol. The smallest absolute Gasteiger partial charge is 0.255 e. The maximum absolute atomic E-state index is 5.72. The van der Waals surface area contributed by atoms with E-state index < -0.39 is 0 Å². The van der Waals surface area contributed by atoms with Crippen LogP contribution >= 0.6 is 11.8 Å². The van der Waals surface area contributed by atoms with Crippen LogP contribution in [0.5, 0.6) is 0 Å². The standard InChI is InChI=1S/C8H14N2O2S/c1-6-3-12-8(10-6)13-5-7(9)4-11-2/h3,7H,4-5,9H2,1-2H3. The molecule has 1 aromatic heterocycles. The Labute approximate surface area is 81.8 Å². The van der Waals surface area contributed by atoms with Gasteiger partial charge >= 0.3 is 0 Å². The molecule has 0 saturated heterocycles. The molecule has 0 aliphatic rings. The van der Waals surface area contributed by atoms with Crippen LogP contribution < -0.4 is 5.73 Å². The molecule has 0 fully saturated rings. The van der Waals surface area contributed by atoms with Gasteiger partial charge in [-0.3, -0.25) is 0 Å². The first-order valence-electron chi connectivity index (χ1n) is 4.02. The molecule has 0 amide bonds. The van der Waals surface area contributed by atoms with E-state index in [1.165, 1.54) is 11.8 Å². The fraction of sp³-hybridized carbons (Fsp3) is 0.625. The van der Waals surface area contributed by atoms with Gasteiger partial charge in [0, 0.05) is 18.9 Å². The number of oxazole rings is 1. The minimum absolute atomic E-state index is 0.0298. The lowest BCUT2D eigenvalue weighted by atomic mass is 10.4.